The average Bonchev–Trinajstić information content (AvgIpc) is 2.38. The molecular weight excluding hydrogens is 248 g/mol. The Hall–Kier alpha value is -0.120. The minimum atomic E-state index is 0.329. The molecule has 2 fully saturated rings. The summed E-state index contributed by atoms with van der Waals surface area (Å²) in [5, 5.41) is 3.93. The number of hydrogen-bond donors (Lipinski definition) is 1. The smallest absolute Gasteiger partial charge is 0.0593 e. The molecule has 1 saturated carbocycles. The quantitative estimate of drug-likeness (QED) is 0.802. The summed E-state index contributed by atoms with van der Waals surface area (Å²) in [5.41, 5.74) is 0.724. The molecule has 1 unspecified atom stereocenters. The molecule has 2 aliphatic rings. The van der Waals surface area contributed by atoms with Gasteiger partial charge >= 0.3 is 0 Å². The summed E-state index contributed by atoms with van der Waals surface area (Å²) in [4.78, 5) is 2.71. The highest BCUT2D eigenvalue weighted by Crippen LogP contribution is 2.35. The van der Waals surface area contributed by atoms with Gasteiger partial charge in [0.15, 0.2) is 0 Å². The Morgan fingerprint density at radius 1 is 1.20 bits per heavy atom. The SMILES string of the molecule is CCOCCN1CC2(CCCCC2)NCC1C(C)(C)C. The van der Waals surface area contributed by atoms with Gasteiger partial charge in [-0.2, -0.15) is 0 Å². The van der Waals surface area contributed by atoms with Crippen LogP contribution in [0.3, 0.4) is 0 Å². The van der Waals surface area contributed by atoms with Gasteiger partial charge in [0, 0.05) is 37.8 Å². The van der Waals surface area contributed by atoms with Gasteiger partial charge in [0.1, 0.15) is 0 Å². The number of nitrogens with zero attached hydrogens (tertiary/aromatic N) is 1. The molecule has 3 heteroatoms. The lowest BCUT2D eigenvalue weighted by atomic mass is 9.76. The second-order valence-electron chi connectivity index (χ2n) is 7.77. The van der Waals surface area contributed by atoms with Gasteiger partial charge in [-0.1, -0.05) is 40.0 Å². The zero-order valence-electron chi connectivity index (χ0n) is 14.0. The van der Waals surface area contributed by atoms with Crippen molar-refractivity contribution in [2.75, 3.05) is 32.8 Å². The predicted molar refractivity (Wildman–Crippen MR) is 85.1 cm³/mol. The van der Waals surface area contributed by atoms with Crippen LogP contribution in [-0.2, 0) is 4.74 Å². The van der Waals surface area contributed by atoms with Crippen LogP contribution in [0.5, 0.6) is 0 Å². The third-order valence-electron chi connectivity index (χ3n) is 5.15. The van der Waals surface area contributed by atoms with E-state index in [4.69, 9.17) is 4.74 Å². The van der Waals surface area contributed by atoms with Gasteiger partial charge < -0.3 is 10.1 Å². The first kappa shape index (κ1) is 16.3. The minimum Gasteiger partial charge on any atom is -0.380 e. The first-order valence-corrected chi connectivity index (χ1v) is 8.54. The topological polar surface area (TPSA) is 24.5 Å². The number of piperazine rings is 1. The fourth-order valence-corrected chi connectivity index (χ4v) is 3.98. The van der Waals surface area contributed by atoms with E-state index >= 15 is 0 Å². The van der Waals surface area contributed by atoms with Gasteiger partial charge in [0.2, 0.25) is 0 Å². The maximum absolute atomic E-state index is 5.61. The molecule has 1 aliphatic carbocycles. The Morgan fingerprint density at radius 2 is 1.90 bits per heavy atom. The third-order valence-corrected chi connectivity index (χ3v) is 5.15. The van der Waals surface area contributed by atoms with Gasteiger partial charge in [0.25, 0.3) is 0 Å². The van der Waals surface area contributed by atoms with Crippen molar-refractivity contribution < 1.29 is 4.74 Å². The number of ether oxygens (including phenoxy) is 1. The zero-order valence-corrected chi connectivity index (χ0v) is 14.0. The summed E-state index contributed by atoms with van der Waals surface area (Å²) >= 11 is 0. The van der Waals surface area contributed by atoms with E-state index in [1.165, 1.54) is 38.6 Å². The Bertz CT molecular complexity index is 292. The van der Waals surface area contributed by atoms with Crippen LogP contribution in [0.25, 0.3) is 0 Å². The van der Waals surface area contributed by atoms with Gasteiger partial charge in [0.05, 0.1) is 6.61 Å². The fraction of sp³-hybridized carbons (Fsp3) is 1.00. The highest BCUT2D eigenvalue weighted by Gasteiger charge is 2.42. The zero-order chi connectivity index (χ0) is 14.6. The second kappa shape index (κ2) is 6.76. The van der Waals surface area contributed by atoms with E-state index in [1.54, 1.807) is 0 Å². The molecule has 0 aromatic carbocycles. The van der Waals surface area contributed by atoms with Crippen molar-refractivity contribution in [3.63, 3.8) is 0 Å². The van der Waals surface area contributed by atoms with E-state index < -0.39 is 0 Å². The Balaban J connectivity index is 2.01. The number of hydrogen-bond acceptors (Lipinski definition) is 3. The normalized spacial score (nSPS) is 27.9. The molecule has 20 heavy (non-hydrogen) atoms. The van der Waals surface area contributed by atoms with Crippen LogP contribution < -0.4 is 5.32 Å². The van der Waals surface area contributed by atoms with Crippen LogP contribution in [0.1, 0.15) is 59.8 Å². The molecule has 1 aliphatic heterocycles. The first-order chi connectivity index (χ1) is 9.47. The summed E-state index contributed by atoms with van der Waals surface area (Å²) in [6.45, 7) is 14.3. The molecule has 0 aromatic heterocycles. The van der Waals surface area contributed by atoms with Crippen LogP contribution in [0.4, 0.5) is 0 Å². The number of rotatable bonds is 4. The molecule has 1 N–H and O–H groups in total. The predicted octanol–water partition coefficient (Wildman–Crippen LogP) is 3.05. The largest absolute Gasteiger partial charge is 0.380 e. The molecule has 1 spiro atoms. The van der Waals surface area contributed by atoms with Crippen LogP contribution in [0.15, 0.2) is 0 Å². The summed E-state index contributed by atoms with van der Waals surface area (Å²) < 4.78 is 5.61. The third kappa shape index (κ3) is 3.96. The molecule has 1 atom stereocenters. The maximum Gasteiger partial charge on any atom is 0.0593 e. The van der Waals surface area contributed by atoms with Gasteiger partial charge in [-0.25, -0.2) is 0 Å². The molecule has 0 bridgehead atoms. The number of nitrogens with one attached hydrogen (secondary N) is 1. The van der Waals surface area contributed by atoms with Crippen molar-refractivity contribution in [2.45, 2.75) is 71.4 Å². The van der Waals surface area contributed by atoms with E-state index in [2.05, 4.69) is 37.9 Å². The molecule has 1 heterocycles. The lowest BCUT2D eigenvalue weighted by Crippen LogP contribution is -2.67. The minimum absolute atomic E-state index is 0.329. The summed E-state index contributed by atoms with van der Waals surface area (Å²) in [5.74, 6) is 0. The highest BCUT2D eigenvalue weighted by molar-refractivity contribution is 5.02. The molecule has 0 amide bonds. The van der Waals surface area contributed by atoms with E-state index in [9.17, 15) is 0 Å². The van der Waals surface area contributed by atoms with Gasteiger partial charge in [-0.05, 0) is 25.2 Å². The van der Waals surface area contributed by atoms with E-state index in [0.717, 1.165) is 26.3 Å². The van der Waals surface area contributed by atoms with Crippen LogP contribution >= 0.6 is 0 Å². The summed E-state index contributed by atoms with van der Waals surface area (Å²) in [6.07, 6.45) is 6.92. The molecule has 0 aromatic rings. The summed E-state index contributed by atoms with van der Waals surface area (Å²) in [7, 11) is 0. The lowest BCUT2D eigenvalue weighted by Gasteiger charge is -2.53. The fourth-order valence-electron chi connectivity index (χ4n) is 3.98. The Kier molecular flexibility index (Phi) is 5.49. The Morgan fingerprint density at radius 3 is 2.50 bits per heavy atom. The Labute approximate surface area is 125 Å². The van der Waals surface area contributed by atoms with Crippen molar-refractivity contribution in [1.82, 2.24) is 10.2 Å². The highest BCUT2D eigenvalue weighted by atomic mass is 16.5. The molecular formula is C17H34N2O. The molecule has 0 radical (unpaired) electrons. The van der Waals surface area contributed by atoms with Crippen LogP contribution in [-0.4, -0.2) is 49.3 Å². The first-order valence-electron chi connectivity index (χ1n) is 8.54. The lowest BCUT2D eigenvalue weighted by molar-refractivity contribution is -0.00842. The van der Waals surface area contributed by atoms with Crippen molar-refractivity contribution in [2.24, 2.45) is 5.41 Å². The van der Waals surface area contributed by atoms with Crippen molar-refractivity contribution in [1.29, 1.82) is 0 Å². The summed E-state index contributed by atoms with van der Waals surface area (Å²) in [6, 6.07) is 0.621. The second-order valence-corrected chi connectivity index (χ2v) is 7.77. The monoisotopic (exact) mass is 282 g/mol. The van der Waals surface area contributed by atoms with E-state index in [-0.39, 0.29) is 0 Å². The maximum atomic E-state index is 5.61. The van der Waals surface area contributed by atoms with Crippen LogP contribution in [0.2, 0.25) is 0 Å². The van der Waals surface area contributed by atoms with Crippen molar-refractivity contribution >= 4 is 0 Å². The average molecular weight is 282 g/mol. The van der Waals surface area contributed by atoms with E-state index in [1.807, 2.05) is 0 Å². The molecule has 118 valence electrons. The van der Waals surface area contributed by atoms with Gasteiger partial charge in [-0.15, -0.1) is 0 Å². The van der Waals surface area contributed by atoms with Crippen molar-refractivity contribution in [3.8, 4) is 0 Å². The molecule has 1 saturated heterocycles. The van der Waals surface area contributed by atoms with Crippen LogP contribution in [0, 0.1) is 5.41 Å². The molecule has 3 nitrogen and oxygen atoms in total. The van der Waals surface area contributed by atoms with E-state index in [0.29, 0.717) is 17.0 Å². The van der Waals surface area contributed by atoms with Crippen molar-refractivity contribution in [3.05, 3.63) is 0 Å². The molecule has 2 rings (SSSR count). The standard InChI is InChI=1S/C17H34N2O/c1-5-20-12-11-19-14-17(9-7-6-8-10-17)18-13-15(19)16(2,3)4/h15,18H,5-14H2,1-4H3. The van der Waals surface area contributed by atoms with Gasteiger partial charge in [-0.3, -0.25) is 4.90 Å².